The molecule has 0 saturated heterocycles. The number of hydrogen-bond donors (Lipinski definition) is 0. The van der Waals surface area contributed by atoms with Crippen LogP contribution in [-0.2, 0) is 0 Å². The van der Waals surface area contributed by atoms with E-state index in [-0.39, 0.29) is 5.56 Å². The van der Waals surface area contributed by atoms with Crippen molar-refractivity contribution in [2.24, 2.45) is 0 Å². The lowest BCUT2D eigenvalue weighted by Crippen LogP contribution is -1.89. The first-order valence-corrected chi connectivity index (χ1v) is 9.62. The van der Waals surface area contributed by atoms with Gasteiger partial charge < -0.3 is 0 Å². The molecule has 0 unspecified atom stereocenters. The molecule has 0 aliphatic carbocycles. The molecule has 4 rings (SSSR count). The summed E-state index contributed by atoms with van der Waals surface area (Å²) in [5.41, 5.74) is 3.42. The average Bonchev–Trinajstić information content (AvgIpc) is 3.16. The molecule has 1 heterocycles. The van der Waals surface area contributed by atoms with Gasteiger partial charge in [0.15, 0.2) is 11.6 Å². The van der Waals surface area contributed by atoms with Gasteiger partial charge in [0.1, 0.15) is 5.01 Å². The Morgan fingerprint density at radius 3 is 2.22 bits per heavy atom. The standard InChI is InChI=1S/C21H11Cl2F2NS/c22-16-9-8-14(10-17(16)23)19-11-27-21(26-19)13-6-4-12(5-7-13)15-2-1-3-18(24)20(15)25/h1-11H. The van der Waals surface area contributed by atoms with Gasteiger partial charge in [-0.1, -0.05) is 65.7 Å². The molecule has 0 amide bonds. The van der Waals surface area contributed by atoms with E-state index < -0.39 is 11.6 Å². The van der Waals surface area contributed by atoms with Crippen LogP contribution in [0, 0.1) is 11.6 Å². The third-order valence-corrected chi connectivity index (χ3v) is 5.74. The first-order valence-electron chi connectivity index (χ1n) is 7.99. The van der Waals surface area contributed by atoms with Gasteiger partial charge in [0, 0.05) is 22.1 Å². The van der Waals surface area contributed by atoms with Crippen molar-refractivity contribution in [3.8, 4) is 33.0 Å². The van der Waals surface area contributed by atoms with Crippen LogP contribution < -0.4 is 0 Å². The quantitative estimate of drug-likeness (QED) is 0.332. The minimum absolute atomic E-state index is 0.234. The zero-order chi connectivity index (χ0) is 19.0. The number of benzene rings is 3. The van der Waals surface area contributed by atoms with Gasteiger partial charge >= 0.3 is 0 Å². The topological polar surface area (TPSA) is 12.9 Å². The minimum Gasteiger partial charge on any atom is -0.236 e. The van der Waals surface area contributed by atoms with Crippen LogP contribution in [0.2, 0.25) is 10.0 Å². The summed E-state index contributed by atoms with van der Waals surface area (Å²) in [5, 5.41) is 3.73. The predicted octanol–water partition coefficient (Wildman–Crippen LogP) is 7.73. The van der Waals surface area contributed by atoms with Crippen LogP contribution >= 0.6 is 34.5 Å². The van der Waals surface area contributed by atoms with Crippen LogP contribution in [0.4, 0.5) is 8.78 Å². The Morgan fingerprint density at radius 1 is 0.778 bits per heavy atom. The molecule has 1 aromatic heterocycles. The van der Waals surface area contributed by atoms with E-state index in [1.165, 1.54) is 17.4 Å². The number of halogens is 4. The maximum absolute atomic E-state index is 14.0. The predicted molar refractivity (Wildman–Crippen MR) is 108 cm³/mol. The molecule has 0 spiro atoms. The molecular weight excluding hydrogens is 407 g/mol. The van der Waals surface area contributed by atoms with Crippen molar-refractivity contribution in [2.45, 2.75) is 0 Å². The fourth-order valence-corrected chi connectivity index (χ4v) is 3.85. The van der Waals surface area contributed by atoms with Crippen LogP contribution in [0.5, 0.6) is 0 Å². The lowest BCUT2D eigenvalue weighted by Gasteiger charge is -2.05. The van der Waals surface area contributed by atoms with Gasteiger partial charge in [-0.3, -0.25) is 0 Å². The Balaban J connectivity index is 1.64. The third kappa shape index (κ3) is 3.61. The second-order valence-electron chi connectivity index (χ2n) is 5.85. The first kappa shape index (κ1) is 18.1. The molecule has 0 atom stereocenters. The van der Waals surface area contributed by atoms with E-state index in [4.69, 9.17) is 23.2 Å². The smallest absolute Gasteiger partial charge is 0.166 e. The molecule has 6 heteroatoms. The largest absolute Gasteiger partial charge is 0.236 e. The Bertz CT molecular complexity index is 1120. The molecular formula is C21H11Cl2F2NS. The summed E-state index contributed by atoms with van der Waals surface area (Å²) < 4.78 is 27.4. The summed E-state index contributed by atoms with van der Waals surface area (Å²) in [6.07, 6.45) is 0. The third-order valence-electron chi connectivity index (χ3n) is 4.11. The fourth-order valence-electron chi connectivity index (χ4n) is 2.71. The normalized spacial score (nSPS) is 11.0. The second kappa shape index (κ2) is 7.39. The van der Waals surface area contributed by atoms with Crippen molar-refractivity contribution in [3.05, 3.63) is 87.7 Å². The first-order chi connectivity index (χ1) is 13.0. The van der Waals surface area contributed by atoms with Crippen LogP contribution in [0.1, 0.15) is 0 Å². The molecule has 27 heavy (non-hydrogen) atoms. The molecule has 3 aromatic carbocycles. The molecule has 0 fully saturated rings. The zero-order valence-electron chi connectivity index (χ0n) is 13.7. The van der Waals surface area contributed by atoms with Crippen molar-refractivity contribution in [2.75, 3.05) is 0 Å². The van der Waals surface area contributed by atoms with Crippen LogP contribution in [-0.4, -0.2) is 4.98 Å². The highest BCUT2D eigenvalue weighted by atomic mass is 35.5. The van der Waals surface area contributed by atoms with E-state index in [1.54, 1.807) is 30.3 Å². The summed E-state index contributed by atoms with van der Waals surface area (Å²) in [4.78, 5) is 4.64. The van der Waals surface area contributed by atoms with Crippen molar-refractivity contribution < 1.29 is 8.78 Å². The van der Waals surface area contributed by atoms with Gasteiger partial charge in [0.05, 0.1) is 15.7 Å². The van der Waals surface area contributed by atoms with E-state index in [9.17, 15) is 8.78 Å². The molecule has 0 radical (unpaired) electrons. The Kier molecular flexibility index (Phi) is 4.96. The lowest BCUT2D eigenvalue weighted by atomic mass is 10.0. The number of thiazole rings is 1. The molecule has 0 aliphatic rings. The molecule has 4 aromatic rings. The maximum atomic E-state index is 14.0. The van der Waals surface area contributed by atoms with E-state index >= 15 is 0 Å². The zero-order valence-corrected chi connectivity index (χ0v) is 16.0. The Labute approximate surface area is 168 Å². The molecule has 0 saturated carbocycles. The SMILES string of the molecule is Fc1cccc(-c2ccc(-c3nc(-c4ccc(Cl)c(Cl)c4)cs3)cc2)c1F. The molecule has 0 N–H and O–H groups in total. The molecule has 0 aliphatic heterocycles. The van der Waals surface area contributed by atoms with Gasteiger partial charge in [-0.05, 0) is 23.8 Å². The van der Waals surface area contributed by atoms with Crippen LogP contribution in [0.3, 0.4) is 0 Å². The highest BCUT2D eigenvalue weighted by Crippen LogP contribution is 2.33. The lowest BCUT2D eigenvalue weighted by molar-refractivity contribution is 0.511. The summed E-state index contributed by atoms with van der Waals surface area (Å²) in [5.74, 6) is -1.70. The van der Waals surface area contributed by atoms with Crippen LogP contribution in [0.15, 0.2) is 66.0 Å². The van der Waals surface area contributed by atoms with E-state index in [1.807, 2.05) is 23.6 Å². The van der Waals surface area contributed by atoms with Crippen molar-refractivity contribution in [3.63, 3.8) is 0 Å². The van der Waals surface area contributed by atoms with Gasteiger partial charge in [-0.2, -0.15) is 0 Å². The van der Waals surface area contributed by atoms with Gasteiger partial charge in [0.25, 0.3) is 0 Å². The average molecular weight is 418 g/mol. The van der Waals surface area contributed by atoms with Crippen LogP contribution in [0.25, 0.3) is 33.0 Å². The summed E-state index contributed by atoms with van der Waals surface area (Å²) >= 11 is 13.5. The number of hydrogen-bond acceptors (Lipinski definition) is 2. The monoisotopic (exact) mass is 417 g/mol. The van der Waals surface area contributed by atoms with Crippen molar-refractivity contribution in [1.82, 2.24) is 4.98 Å². The van der Waals surface area contributed by atoms with Crippen molar-refractivity contribution >= 4 is 34.5 Å². The highest BCUT2D eigenvalue weighted by molar-refractivity contribution is 7.13. The fraction of sp³-hybridized carbons (Fsp3) is 0. The van der Waals surface area contributed by atoms with Gasteiger partial charge in [-0.15, -0.1) is 11.3 Å². The molecule has 134 valence electrons. The van der Waals surface area contributed by atoms with Crippen molar-refractivity contribution in [1.29, 1.82) is 0 Å². The van der Waals surface area contributed by atoms with E-state index in [0.717, 1.165) is 27.9 Å². The second-order valence-corrected chi connectivity index (χ2v) is 7.52. The minimum atomic E-state index is -0.859. The maximum Gasteiger partial charge on any atom is 0.166 e. The van der Waals surface area contributed by atoms with Gasteiger partial charge in [-0.25, -0.2) is 13.8 Å². The molecule has 0 bridgehead atoms. The van der Waals surface area contributed by atoms with E-state index in [0.29, 0.717) is 15.6 Å². The molecule has 1 nitrogen and oxygen atoms in total. The number of rotatable bonds is 3. The summed E-state index contributed by atoms with van der Waals surface area (Å²) in [6, 6.07) is 16.7. The Morgan fingerprint density at radius 2 is 1.48 bits per heavy atom. The Hall–Kier alpha value is -2.27. The number of aromatic nitrogens is 1. The van der Waals surface area contributed by atoms with Gasteiger partial charge in [0.2, 0.25) is 0 Å². The summed E-state index contributed by atoms with van der Waals surface area (Å²) in [7, 11) is 0. The summed E-state index contributed by atoms with van der Waals surface area (Å²) in [6.45, 7) is 0. The van der Waals surface area contributed by atoms with E-state index in [2.05, 4.69) is 4.98 Å². The number of nitrogens with zero attached hydrogens (tertiary/aromatic N) is 1. The highest BCUT2D eigenvalue weighted by Gasteiger charge is 2.11.